The van der Waals surface area contributed by atoms with E-state index in [0.717, 1.165) is 0 Å². The smallest absolute Gasteiger partial charge is 0.239 e. The first kappa shape index (κ1) is 13.4. The SMILES string of the molecule is NCCCC(=O)NCC(=O)NCC(N)=O. The molecule has 0 radical (unpaired) electrons. The van der Waals surface area contributed by atoms with Gasteiger partial charge in [0.2, 0.25) is 17.7 Å². The van der Waals surface area contributed by atoms with Crippen LogP contribution in [0.3, 0.4) is 0 Å². The highest BCUT2D eigenvalue weighted by Crippen LogP contribution is 1.84. The summed E-state index contributed by atoms with van der Waals surface area (Å²) in [7, 11) is 0. The van der Waals surface area contributed by atoms with Crippen molar-refractivity contribution in [3.63, 3.8) is 0 Å². The zero-order chi connectivity index (χ0) is 11.7. The van der Waals surface area contributed by atoms with Crippen molar-refractivity contribution in [1.82, 2.24) is 10.6 Å². The predicted octanol–water partition coefficient (Wildman–Crippen LogP) is -2.56. The van der Waals surface area contributed by atoms with Crippen LogP contribution in [0.15, 0.2) is 0 Å². The summed E-state index contributed by atoms with van der Waals surface area (Å²) in [5.41, 5.74) is 10.0. The van der Waals surface area contributed by atoms with Crippen LogP contribution in [-0.4, -0.2) is 37.4 Å². The third-order valence-corrected chi connectivity index (χ3v) is 1.51. The molecular weight excluding hydrogens is 200 g/mol. The lowest BCUT2D eigenvalue weighted by molar-refractivity contribution is -0.127. The molecule has 7 nitrogen and oxygen atoms in total. The highest BCUT2D eigenvalue weighted by molar-refractivity contribution is 5.87. The van der Waals surface area contributed by atoms with Crippen molar-refractivity contribution < 1.29 is 14.4 Å². The van der Waals surface area contributed by atoms with Crippen molar-refractivity contribution in [1.29, 1.82) is 0 Å². The van der Waals surface area contributed by atoms with Crippen molar-refractivity contribution >= 4 is 17.7 Å². The second-order valence-corrected chi connectivity index (χ2v) is 2.91. The third-order valence-electron chi connectivity index (χ3n) is 1.51. The van der Waals surface area contributed by atoms with Crippen molar-refractivity contribution in [2.75, 3.05) is 19.6 Å². The number of primary amides is 1. The minimum atomic E-state index is -0.627. The largest absolute Gasteiger partial charge is 0.368 e. The monoisotopic (exact) mass is 216 g/mol. The summed E-state index contributed by atoms with van der Waals surface area (Å²) in [5.74, 6) is -1.32. The van der Waals surface area contributed by atoms with E-state index in [-0.39, 0.29) is 19.0 Å². The summed E-state index contributed by atoms with van der Waals surface area (Å²) < 4.78 is 0. The number of hydrogen-bond donors (Lipinski definition) is 4. The molecule has 0 atom stereocenters. The van der Waals surface area contributed by atoms with Gasteiger partial charge in [-0.25, -0.2) is 0 Å². The van der Waals surface area contributed by atoms with Gasteiger partial charge in [-0.3, -0.25) is 14.4 Å². The van der Waals surface area contributed by atoms with Crippen LogP contribution in [0.1, 0.15) is 12.8 Å². The fourth-order valence-corrected chi connectivity index (χ4v) is 0.778. The number of rotatable bonds is 7. The van der Waals surface area contributed by atoms with Gasteiger partial charge < -0.3 is 22.1 Å². The van der Waals surface area contributed by atoms with E-state index in [1.165, 1.54) is 0 Å². The average Bonchev–Trinajstić information content (AvgIpc) is 2.20. The Morgan fingerprint density at radius 2 is 1.60 bits per heavy atom. The highest BCUT2D eigenvalue weighted by Gasteiger charge is 2.05. The Hall–Kier alpha value is -1.63. The maximum absolute atomic E-state index is 11.0. The van der Waals surface area contributed by atoms with Gasteiger partial charge >= 0.3 is 0 Å². The molecule has 0 aliphatic heterocycles. The molecule has 15 heavy (non-hydrogen) atoms. The Morgan fingerprint density at radius 1 is 1.00 bits per heavy atom. The quantitative estimate of drug-likeness (QED) is 0.373. The minimum absolute atomic E-state index is 0.156. The van der Waals surface area contributed by atoms with Crippen LogP contribution >= 0.6 is 0 Å². The van der Waals surface area contributed by atoms with E-state index in [1.807, 2.05) is 0 Å². The molecule has 0 aliphatic carbocycles. The van der Waals surface area contributed by atoms with Gasteiger partial charge in [-0.15, -0.1) is 0 Å². The van der Waals surface area contributed by atoms with Crippen LogP contribution in [0.2, 0.25) is 0 Å². The number of nitrogens with two attached hydrogens (primary N) is 2. The second kappa shape index (κ2) is 7.74. The predicted molar refractivity (Wildman–Crippen MR) is 53.5 cm³/mol. The summed E-state index contributed by atoms with van der Waals surface area (Å²) >= 11 is 0. The Morgan fingerprint density at radius 3 is 2.13 bits per heavy atom. The van der Waals surface area contributed by atoms with Gasteiger partial charge in [-0.1, -0.05) is 0 Å². The number of carbonyl (C=O) groups is 3. The Bertz CT molecular complexity index is 242. The lowest BCUT2D eigenvalue weighted by Crippen LogP contribution is -2.40. The van der Waals surface area contributed by atoms with Gasteiger partial charge in [-0.05, 0) is 13.0 Å². The van der Waals surface area contributed by atoms with Crippen molar-refractivity contribution in [2.24, 2.45) is 11.5 Å². The van der Waals surface area contributed by atoms with Crippen LogP contribution < -0.4 is 22.1 Å². The lowest BCUT2D eigenvalue weighted by atomic mass is 10.3. The van der Waals surface area contributed by atoms with E-state index in [4.69, 9.17) is 11.5 Å². The summed E-state index contributed by atoms with van der Waals surface area (Å²) in [4.78, 5) is 32.3. The van der Waals surface area contributed by atoms with Gasteiger partial charge in [-0.2, -0.15) is 0 Å². The normalized spacial score (nSPS) is 9.40. The fourth-order valence-electron chi connectivity index (χ4n) is 0.778. The number of hydrogen-bond acceptors (Lipinski definition) is 4. The molecule has 0 spiro atoms. The molecule has 0 bridgehead atoms. The zero-order valence-electron chi connectivity index (χ0n) is 8.41. The van der Waals surface area contributed by atoms with Gasteiger partial charge in [0.05, 0.1) is 13.1 Å². The van der Waals surface area contributed by atoms with Gasteiger partial charge in [0.25, 0.3) is 0 Å². The molecule has 3 amide bonds. The zero-order valence-corrected chi connectivity index (χ0v) is 8.41. The van der Waals surface area contributed by atoms with Crippen LogP contribution in [-0.2, 0) is 14.4 Å². The van der Waals surface area contributed by atoms with E-state index in [1.54, 1.807) is 0 Å². The second-order valence-electron chi connectivity index (χ2n) is 2.91. The Balaban J connectivity index is 3.53. The maximum Gasteiger partial charge on any atom is 0.239 e. The van der Waals surface area contributed by atoms with E-state index in [9.17, 15) is 14.4 Å². The summed E-state index contributed by atoms with van der Waals surface area (Å²) in [6, 6.07) is 0. The molecule has 0 aromatic heterocycles. The van der Waals surface area contributed by atoms with Crippen LogP contribution in [0, 0.1) is 0 Å². The van der Waals surface area contributed by atoms with E-state index in [2.05, 4.69) is 10.6 Å². The summed E-state index contributed by atoms with van der Waals surface area (Å²) in [5, 5.41) is 4.62. The molecule has 86 valence electrons. The van der Waals surface area contributed by atoms with E-state index < -0.39 is 11.8 Å². The first-order chi connectivity index (χ1) is 7.06. The molecule has 0 saturated heterocycles. The Labute approximate surface area is 87.6 Å². The molecule has 0 saturated carbocycles. The number of carbonyl (C=O) groups excluding carboxylic acids is 3. The van der Waals surface area contributed by atoms with Crippen molar-refractivity contribution in [3.05, 3.63) is 0 Å². The van der Waals surface area contributed by atoms with Crippen LogP contribution in [0.4, 0.5) is 0 Å². The first-order valence-corrected chi connectivity index (χ1v) is 4.58. The maximum atomic E-state index is 11.0. The van der Waals surface area contributed by atoms with Crippen molar-refractivity contribution in [2.45, 2.75) is 12.8 Å². The molecule has 0 aliphatic rings. The topological polar surface area (TPSA) is 127 Å². The lowest BCUT2D eigenvalue weighted by Gasteiger charge is -2.04. The minimum Gasteiger partial charge on any atom is -0.368 e. The molecule has 6 N–H and O–H groups in total. The highest BCUT2D eigenvalue weighted by atomic mass is 16.2. The van der Waals surface area contributed by atoms with Gasteiger partial charge in [0.1, 0.15) is 0 Å². The first-order valence-electron chi connectivity index (χ1n) is 4.58. The van der Waals surface area contributed by atoms with Crippen molar-refractivity contribution in [3.8, 4) is 0 Å². The van der Waals surface area contributed by atoms with E-state index >= 15 is 0 Å². The van der Waals surface area contributed by atoms with Gasteiger partial charge in [0, 0.05) is 6.42 Å². The van der Waals surface area contributed by atoms with Gasteiger partial charge in [0.15, 0.2) is 0 Å². The number of nitrogens with one attached hydrogen (secondary N) is 2. The molecule has 0 rings (SSSR count). The molecule has 0 aromatic carbocycles. The summed E-state index contributed by atoms with van der Waals surface area (Å²) in [6.45, 7) is 0.0511. The molecular formula is C8H16N4O3. The number of amides is 3. The van der Waals surface area contributed by atoms with E-state index in [0.29, 0.717) is 19.4 Å². The van der Waals surface area contributed by atoms with Crippen LogP contribution in [0.5, 0.6) is 0 Å². The third kappa shape index (κ3) is 8.69. The Kier molecular flexibility index (Phi) is 6.90. The standard InChI is InChI=1S/C8H16N4O3/c9-3-1-2-7(14)12-5-8(15)11-4-6(10)13/h1-5,9H2,(H2,10,13)(H,11,15)(H,12,14). The molecule has 0 aromatic rings. The fraction of sp³-hybridized carbons (Fsp3) is 0.625. The average molecular weight is 216 g/mol. The molecule has 0 fully saturated rings. The molecule has 0 heterocycles. The molecule has 7 heteroatoms. The van der Waals surface area contributed by atoms with Crippen LogP contribution in [0.25, 0.3) is 0 Å². The summed E-state index contributed by atoms with van der Waals surface area (Å²) in [6.07, 6.45) is 0.869. The molecule has 0 unspecified atom stereocenters.